The molecular weight excluding hydrogens is 470 g/mol. The molecular formula is C28H31N5O2S. The maximum absolute atomic E-state index is 12.5. The van der Waals surface area contributed by atoms with Gasteiger partial charge in [0.1, 0.15) is 0 Å². The highest BCUT2D eigenvalue weighted by Gasteiger charge is 2.43. The Hall–Kier alpha value is -3.12. The van der Waals surface area contributed by atoms with Crippen LogP contribution < -0.4 is 0 Å². The monoisotopic (exact) mass is 501 g/mol. The average Bonchev–Trinajstić information content (AvgIpc) is 3.73. The van der Waals surface area contributed by atoms with Gasteiger partial charge in [-0.3, -0.25) is 9.97 Å². The van der Waals surface area contributed by atoms with Gasteiger partial charge in [0.2, 0.25) is 10.0 Å². The van der Waals surface area contributed by atoms with Crippen LogP contribution in [-0.4, -0.2) is 65.6 Å². The van der Waals surface area contributed by atoms with E-state index >= 15 is 0 Å². The lowest BCUT2D eigenvalue weighted by Gasteiger charge is -2.43. The van der Waals surface area contributed by atoms with Gasteiger partial charge in [-0.15, -0.1) is 0 Å². The summed E-state index contributed by atoms with van der Waals surface area (Å²) in [5, 5.41) is 9.65. The SMILES string of the molecule is CS(=O)(=O)N(C1CC1)C1CCN(CC(c2cccnc2)(c2cccnc2)c2cccc(C#N)c2)CC1. The molecule has 0 bridgehead atoms. The van der Waals surface area contributed by atoms with Crippen molar-refractivity contribution in [3.63, 3.8) is 0 Å². The first-order valence-corrected chi connectivity index (χ1v) is 14.3. The van der Waals surface area contributed by atoms with Gasteiger partial charge < -0.3 is 4.90 Å². The Morgan fingerprint density at radius 3 is 2.03 bits per heavy atom. The number of pyridine rings is 2. The Balaban J connectivity index is 1.52. The van der Waals surface area contributed by atoms with Crippen LogP contribution in [-0.2, 0) is 15.4 Å². The minimum Gasteiger partial charge on any atom is -0.302 e. The molecule has 5 rings (SSSR count). The fourth-order valence-corrected chi connectivity index (χ4v) is 7.20. The normalized spacial score (nSPS) is 17.7. The third kappa shape index (κ3) is 4.92. The molecule has 1 aliphatic heterocycles. The van der Waals surface area contributed by atoms with Gasteiger partial charge in [0.15, 0.2) is 0 Å². The molecule has 186 valence electrons. The molecule has 2 fully saturated rings. The molecule has 3 heterocycles. The van der Waals surface area contributed by atoms with Crippen LogP contribution >= 0.6 is 0 Å². The molecule has 2 aliphatic rings. The largest absolute Gasteiger partial charge is 0.302 e. The summed E-state index contributed by atoms with van der Waals surface area (Å²) in [4.78, 5) is 11.3. The fraction of sp³-hybridized carbons (Fsp3) is 0.393. The predicted octanol–water partition coefficient (Wildman–Crippen LogP) is 3.57. The van der Waals surface area contributed by atoms with Crippen LogP contribution in [0.25, 0.3) is 0 Å². The van der Waals surface area contributed by atoms with Crippen LogP contribution in [0.1, 0.15) is 47.9 Å². The number of nitriles is 1. The Labute approximate surface area is 213 Å². The number of piperidine rings is 1. The Bertz CT molecular complexity index is 1290. The number of nitrogens with zero attached hydrogens (tertiary/aromatic N) is 5. The number of hydrogen-bond donors (Lipinski definition) is 0. The van der Waals surface area contributed by atoms with Gasteiger partial charge in [-0.1, -0.05) is 24.3 Å². The van der Waals surface area contributed by atoms with E-state index < -0.39 is 15.4 Å². The van der Waals surface area contributed by atoms with Gasteiger partial charge in [0.25, 0.3) is 0 Å². The molecule has 0 N–H and O–H groups in total. The van der Waals surface area contributed by atoms with E-state index in [1.165, 1.54) is 6.26 Å². The summed E-state index contributed by atoms with van der Waals surface area (Å²) in [6.45, 7) is 2.27. The molecule has 8 heteroatoms. The topological polar surface area (TPSA) is 90.2 Å². The van der Waals surface area contributed by atoms with Gasteiger partial charge in [-0.05, 0) is 79.7 Å². The Morgan fingerprint density at radius 1 is 0.944 bits per heavy atom. The van der Waals surface area contributed by atoms with Crippen LogP contribution in [0.3, 0.4) is 0 Å². The van der Waals surface area contributed by atoms with Crippen LogP contribution in [0, 0.1) is 11.3 Å². The smallest absolute Gasteiger partial charge is 0.211 e. The summed E-state index contributed by atoms with van der Waals surface area (Å²) in [5.74, 6) is 0. The lowest BCUT2D eigenvalue weighted by Crippen LogP contribution is -2.51. The summed E-state index contributed by atoms with van der Waals surface area (Å²) in [6.07, 6.45) is 12.2. The quantitative estimate of drug-likeness (QED) is 0.469. The molecule has 1 saturated heterocycles. The van der Waals surface area contributed by atoms with Gasteiger partial charge in [-0.2, -0.15) is 9.57 Å². The second-order valence-corrected chi connectivity index (χ2v) is 11.8. The molecule has 2 aromatic heterocycles. The maximum Gasteiger partial charge on any atom is 0.211 e. The maximum atomic E-state index is 12.5. The lowest BCUT2D eigenvalue weighted by atomic mass is 9.69. The van der Waals surface area contributed by atoms with Crippen LogP contribution in [0.4, 0.5) is 0 Å². The molecule has 1 aromatic carbocycles. The van der Waals surface area contributed by atoms with E-state index in [4.69, 9.17) is 0 Å². The van der Waals surface area contributed by atoms with E-state index in [2.05, 4.69) is 39.1 Å². The molecule has 0 spiro atoms. The molecule has 7 nitrogen and oxygen atoms in total. The first kappa shape index (κ1) is 24.6. The summed E-state index contributed by atoms with van der Waals surface area (Å²) in [7, 11) is -3.22. The first-order valence-electron chi connectivity index (χ1n) is 12.4. The van der Waals surface area contributed by atoms with Crippen LogP contribution in [0.5, 0.6) is 0 Å². The van der Waals surface area contributed by atoms with Crippen molar-refractivity contribution in [3.8, 4) is 6.07 Å². The first-order chi connectivity index (χ1) is 17.4. The molecule has 3 aromatic rings. The molecule has 0 unspecified atom stereocenters. The number of aromatic nitrogens is 2. The zero-order valence-corrected chi connectivity index (χ0v) is 21.3. The lowest BCUT2D eigenvalue weighted by molar-refractivity contribution is 0.143. The molecule has 36 heavy (non-hydrogen) atoms. The molecule has 0 atom stereocenters. The van der Waals surface area contributed by atoms with Crippen molar-refractivity contribution in [2.45, 2.75) is 43.2 Å². The zero-order chi connectivity index (χ0) is 25.2. The standard InChI is InChI=1S/C28H31N5O2S/c1-36(34,35)33(26-9-10-26)27-11-15-32(16-12-27)21-28(24-7-3-13-30-19-24,25-8-4-14-31-20-25)23-6-2-5-22(17-23)18-29/h2-8,13-14,17,19-20,26-27H,9-12,15-16,21H2,1H3. The van der Waals surface area contributed by atoms with Crippen molar-refractivity contribution in [2.75, 3.05) is 25.9 Å². The van der Waals surface area contributed by atoms with Gasteiger partial charge in [0.05, 0.1) is 23.3 Å². The second kappa shape index (κ2) is 10.1. The highest BCUT2D eigenvalue weighted by Crippen LogP contribution is 2.41. The summed E-state index contributed by atoms with van der Waals surface area (Å²) < 4.78 is 26.8. The van der Waals surface area contributed by atoms with Crippen molar-refractivity contribution < 1.29 is 8.42 Å². The minimum atomic E-state index is -3.22. The third-order valence-electron chi connectivity index (χ3n) is 7.46. The fourth-order valence-electron chi connectivity index (χ4n) is 5.69. The Morgan fingerprint density at radius 2 is 1.53 bits per heavy atom. The van der Waals surface area contributed by atoms with Crippen LogP contribution in [0.15, 0.2) is 73.3 Å². The van der Waals surface area contributed by atoms with E-state index in [0.717, 1.165) is 55.5 Å². The zero-order valence-electron chi connectivity index (χ0n) is 20.5. The van der Waals surface area contributed by atoms with Crippen molar-refractivity contribution in [2.24, 2.45) is 0 Å². The number of likely N-dealkylation sites (tertiary alicyclic amines) is 1. The molecule has 0 amide bonds. The molecule has 1 aliphatic carbocycles. The summed E-state index contributed by atoms with van der Waals surface area (Å²) >= 11 is 0. The summed E-state index contributed by atoms with van der Waals surface area (Å²) in [6, 6.07) is 18.4. The van der Waals surface area contributed by atoms with E-state index in [-0.39, 0.29) is 12.1 Å². The number of rotatable bonds is 8. The van der Waals surface area contributed by atoms with Gasteiger partial charge in [-0.25, -0.2) is 8.42 Å². The van der Waals surface area contributed by atoms with Crippen molar-refractivity contribution in [1.82, 2.24) is 19.2 Å². The second-order valence-electron chi connectivity index (χ2n) is 9.91. The molecule has 0 radical (unpaired) electrons. The van der Waals surface area contributed by atoms with Gasteiger partial charge in [0, 0.05) is 43.4 Å². The van der Waals surface area contributed by atoms with E-state index in [1.54, 1.807) is 16.7 Å². The van der Waals surface area contributed by atoms with Crippen molar-refractivity contribution in [1.29, 1.82) is 5.26 Å². The third-order valence-corrected chi connectivity index (χ3v) is 8.82. The van der Waals surface area contributed by atoms with Crippen molar-refractivity contribution >= 4 is 10.0 Å². The van der Waals surface area contributed by atoms with E-state index in [0.29, 0.717) is 12.1 Å². The van der Waals surface area contributed by atoms with E-state index in [9.17, 15) is 13.7 Å². The summed E-state index contributed by atoms with van der Waals surface area (Å²) in [5.41, 5.74) is 3.10. The highest BCUT2D eigenvalue weighted by atomic mass is 32.2. The van der Waals surface area contributed by atoms with Crippen LogP contribution in [0.2, 0.25) is 0 Å². The highest BCUT2D eigenvalue weighted by molar-refractivity contribution is 7.88. The minimum absolute atomic E-state index is 0.0526. The van der Waals surface area contributed by atoms with Crippen molar-refractivity contribution in [3.05, 3.63) is 95.6 Å². The number of benzene rings is 1. The number of hydrogen-bond acceptors (Lipinski definition) is 6. The Kier molecular flexibility index (Phi) is 6.89. The molecule has 1 saturated carbocycles. The van der Waals surface area contributed by atoms with E-state index in [1.807, 2.05) is 42.7 Å². The predicted molar refractivity (Wildman–Crippen MR) is 139 cm³/mol. The average molecular weight is 502 g/mol. The number of sulfonamides is 1. The van der Waals surface area contributed by atoms with Gasteiger partial charge >= 0.3 is 0 Å².